The number of pyridine rings is 1. The average molecular weight is 613 g/mol. The Hall–Kier alpha value is -5.90. The molecule has 4 aromatic heterocycles. The van der Waals surface area contributed by atoms with Gasteiger partial charge in [0, 0.05) is 53.7 Å². The van der Waals surface area contributed by atoms with Crippen LogP contribution >= 0.6 is 0 Å². The summed E-state index contributed by atoms with van der Waals surface area (Å²) in [5.41, 5.74) is 2.63. The number of fused-ring (bicyclic) bond motifs is 1. The molecule has 6 aromatic rings. The number of anilines is 3. The maximum atomic E-state index is 15.0. The Kier molecular flexibility index (Phi) is 7.33. The van der Waals surface area contributed by atoms with Gasteiger partial charge in [0.2, 0.25) is 0 Å². The maximum Gasteiger partial charge on any atom is 0.416 e. The number of nitrogens with one attached hydrogen (secondary N) is 2. The number of benzene rings is 2. The lowest BCUT2D eigenvalue weighted by Gasteiger charge is -2.14. The van der Waals surface area contributed by atoms with E-state index in [1.165, 1.54) is 30.0 Å². The molecule has 2 aromatic carbocycles. The Balaban J connectivity index is 1.30. The summed E-state index contributed by atoms with van der Waals surface area (Å²) < 4.78 is 60.9. The SMILES string of the molecule is Cc1cn(-c2cc(NC(=O)c3cc(F)c(C)c(C#Cc4cnc5c(Nc6cnn(C)c6)cccn45)c3)cc(C(F)(F)F)c2)cn1. The van der Waals surface area contributed by atoms with Crippen molar-refractivity contribution in [1.82, 2.24) is 28.7 Å². The van der Waals surface area contributed by atoms with E-state index in [-0.39, 0.29) is 28.1 Å². The third-order valence-corrected chi connectivity index (χ3v) is 6.96. The van der Waals surface area contributed by atoms with E-state index >= 15 is 0 Å². The summed E-state index contributed by atoms with van der Waals surface area (Å²) in [5, 5.41) is 9.88. The van der Waals surface area contributed by atoms with E-state index in [0.29, 0.717) is 17.0 Å². The molecule has 226 valence electrons. The second-order valence-corrected chi connectivity index (χ2v) is 10.3. The normalized spacial score (nSPS) is 11.4. The molecule has 0 fully saturated rings. The van der Waals surface area contributed by atoms with E-state index in [0.717, 1.165) is 29.6 Å². The van der Waals surface area contributed by atoms with Crippen LogP contribution in [0.3, 0.4) is 0 Å². The first-order valence-corrected chi connectivity index (χ1v) is 13.5. The number of amides is 1. The largest absolute Gasteiger partial charge is 0.416 e. The smallest absolute Gasteiger partial charge is 0.350 e. The molecular weight excluding hydrogens is 588 g/mol. The predicted molar refractivity (Wildman–Crippen MR) is 160 cm³/mol. The first-order valence-electron chi connectivity index (χ1n) is 13.5. The van der Waals surface area contributed by atoms with Crippen molar-refractivity contribution in [1.29, 1.82) is 0 Å². The zero-order valence-electron chi connectivity index (χ0n) is 24.1. The van der Waals surface area contributed by atoms with E-state index in [1.807, 2.05) is 25.4 Å². The van der Waals surface area contributed by atoms with Crippen LogP contribution in [0.1, 0.15) is 38.4 Å². The molecule has 0 bridgehead atoms. The number of aromatic nitrogens is 6. The Bertz CT molecular complexity index is 2150. The van der Waals surface area contributed by atoms with Crippen LogP contribution in [0.5, 0.6) is 0 Å². The average Bonchev–Trinajstić information content (AvgIpc) is 3.73. The molecule has 6 rings (SSSR count). The zero-order valence-corrected chi connectivity index (χ0v) is 24.1. The van der Waals surface area contributed by atoms with Gasteiger partial charge in [0.05, 0.1) is 41.4 Å². The predicted octanol–water partition coefficient (Wildman–Crippen LogP) is 6.42. The van der Waals surface area contributed by atoms with Gasteiger partial charge in [-0.2, -0.15) is 18.3 Å². The molecule has 0 saturated carbocycles. The van der Waals surface area contributed by atoms with Gasteiger partial charge in [0.1, 0.15) is 11.5 Å². The van der Waals surface area contributed by atoms with E-state index in [4.69, 9.17) is 0 Å². The van der Waals surface area contributed by atoms with Crippen molar-refractivity contribution in [3.05, 3.63) is 119 Å². The number of carbonyl (C=O) groups excluding carboxylic acids is 1. The van der Waals surface area contributed by atoms with E-state index < -0.39 is 23.5 Å². The molecule has 1 amide bonds. The molecule has 0 unspecified atom stereocenters. The molecule has 0 spiro atoms. The quantitative estimate of drug-likeness (QED) is 0.173. The van der Waals surface area contributed by atoms with Crippen molar-refractivity contribution in [3.63, 3.8) is 0 Å². The Labute approximate surface area is 254 Å². The lowest BCUT2D eigenvalue weighted by atomic mass is 10.0. The van der Waals surface area contributed by atoms with Gasteiger partial charge >= 0.3 is 6.18 Å². The third kappa shape index (κ3) is 6.12. The first-order chi connectivity index (χ1) is 21.4. The second-order valence-electron chi connectivity index (χ2n) is 10.3. The first kappa shape index (κ1) is 29.2. The van der Waals surface area contributed by atoms with Crippen molar-refractivity contribution in [2.75, 3.05) is 10.6 Å². The molecular formula is C32H24F4N8O. The standard InChI is InChI=1S/C32H24F4N8O/c1-19-16-43(18-38-19)27-12-23(32(34,35)36)11-24(13-27)41-31(45)22-9-21(20(2)28(33)10-22)6-7-26-15-37-30-29(5-4-8-44(26)30)40-25-14-39-42(3)17-25/h4-5,8-18,40H,1-3H3,(H,41,45). The second kappa shape index (κ2) is 11.3. The molecule has 2 N–H and O–H groups in total. The molecule has 13 heteroatoms. The van der Waals surface area contributed by atoms with E-state index in [1.54, 1.807) is 40.8 Å². The number of nitrogens with zero attached hydrogens (tertiary/aromatic N) is 6. The maximum absolute atomic E-state index is 15.0. The molecule has 0 aliphatic carbocycles. The van der Waals surface area contributed by atoms with Crippen LogP contribution in [0.2, 0.25) is 0 Å². The van der Waals surface area contributed by atoms with Crippen molar-refractivity contribution >= 4 is 28.6 Å². The van der Waals surface area contributed by atoms with E-state index in [2.05, 4.69) is 37.5 Å². The number of imidazole rings is 2. The minimum absolute atomic E-state index is 0.110. The molecule has 45 heavy (non-hydrogen) atoms. The zero-order chi connectivity index (χ0) is 31.9. The van der Waals surface area contributed by atoms with Crippen LogP contribution in [0.25, 0.3) is 11.3 Å². The van der Waals surface area contributed by atoms with Crippen LogP contribution in [-0.2, 0) is 13.2 Å². The highest BCUT2D eigenvalue weighted by molar-refractivity contribution is 6.04. The number of aryl methyl sites for hydroxylation is 2. The summed E-state index contributed by atoms with van der Waals surface area (Å²) in [4.78, 5) is 21.7. The lowest BCUT2D eigenvalue weighted by Crippen LogP contribution is -2.15. The highest BCUT2D eigenvalue weighted by Crippen LogP contribution is 2.33. The number of alkyl halides is 3. The highest BCUT2D eigenvalue weighted by atomic mass is 19.4. The Morgan fingerprint density at radius 3 is 2.51 bits per heavy atom. The number of halogens is 4. The monoisotopic (exact) mass is 612 g/mol. The number of hydrogen-bond donors (Lipinski definition) is 2. The summed E-state index contributed by atoms with van der Waals surface area (Å²) >= 11 is 0. The minimum Gasteiger partial charge on any atom is -0.350 e. The highest BCUT2D eigenvalue weighted by Gasteiger charge is 2.31. The van der Waals surface area contributed by atoms with Crippen molar-refractivity contribution in [2.24, 2.45) is 7.05 Å². The summed E-state index contributed by atoms with van der Waals surface area (Å²) in [6.07, 6.45) is 5.12. The molecule has 0 atom stereocenters. The van der Waals surface area contributed by atoms with Crippen LogP contribution in [0, 0.1) is 31.5 Å². The Morgan fingerprint density at radius 2 is 1.80 bits per heavy atom. The van der Waals surface area contributed by atoms with Gasteiger partial charge in [-0.1, -0.05) is 5.92 Å². The van der Waals surface area contributed by atoms with Crippen LogP contribution < -0.4 is 10.6 Å². The molecule has 4 heterocycles. The minimum atomic E-state index is -4.67. The van der Waals surface area contributed by atoms with Gasteiger partial charge < -0.3 is 15.2 Å². The van der Waals surface area contributed by atoms with Gasteiger partial charge in [-0.05, 0) is 62.2 Å². The molecule has 0 saturated heterocycles. The van der Waals surface area contributed by atoms with Gasteiger partial charge in [0.25, 0.3) is 5.91 Å². The molecule has 9 nitrogen and oxygen atoms in total. The fourth-order valence-electron chi connectivity index (χ4n) is 4.68. The van der Waals surface area contributed by atoms with Crippen LogP contribution in [-0.4, -0.2) is 34.6 Å². The fourth-order valence-corrected chi connectivity index (χ4v) is 4.68. The topological polar surface area (TPSA) is 94.1 Å². The van der Waals surface area contributed by atoms with E-state index in [9.17, 15) is 22.4 Å². The fraction of sp³-hybridized carbons (Fsp3) is 0.125. The van der Waals surface area contributed by atoms with Gasteiger partial charge in [-0.15, -0.1) is 0 Å². The number of hydrogen-bond acceptors (Lipinski definition) is 5. The summed E-state index contributed by atoms with van der Waals surface area (Å²) in [6, 6.07) is 9.25. The third-order valence-electron chi connectivity index (χ3n) is 6.96. The molecule has 0 radical (unpaired) electrons. The summed E-state index contributed by atoms with van der Waals surface area (Å²) in [5.74, 6) is 4.42. The van der Waals surface area contributed by atoms with Crippen LogP contribution in [0.4, 0.5) is 34.6 Å². The Morgan fingerprint density at radius 1 is 0.978 bits per heavy atom. The van der Waals surface area contributed by atoms with Gasteiger partial charge in [-0.3, -0.25) is 13.9 Å². The van der Waals surface area contributed by atoms with Crippen LogP contribution in [0.15, 0.2) is 79.8 Å². The van der Waals surface area contributed by atoms with Gasteiger partial charge in [0.15, 0.2) is 5.65 Å². The number of rotatable bonds is 5. The lowest BCUT2D eigenvalue weighted by molar-refractivity contribution is -0.137. The molecule has 0 aliphatic heterocycles. The number of carbonyl (C=O) groups is 1. The van der Waals surface area contributed by atoms with Crippen molar-refractivity contribution in [2.45, 2.75) is 20.0 Å². The van der Waals surface area contributed by atoms with Crippen molar-refractivity contribution < 1.29 is 22.4 Å². The molecule has 0 aliphatic rings. The van der Waals surface area contributed by atoms with Crippen molar-refractivity contribution in [3.8, 4) is 17.5 Å². The summed E-state index contributed by atoms with van der Waals surface area (Å²) in [6.45, 7) is 3.23. The van der Waals surface area contributed by atoms with Gasteiger partial charge in [-0.25, -0.2) is 14.4 Å². The summed E-state index contributed by atoms with van der Waals surface area (Å²) in [7, 11) is 1.81.